The van der Waals surface area contributed by atoms with Crippen LogP contribution in [-0.4, -0.2) is 30.0 Å². The van der Waals surface area contributed by atoms with Crippen LogP contribution in [0.4, 0.5) is 11.4 Å². The number of ether oxygens (including phenoxy) is 1. The predicted octanol–water partition coefficient (Wildman–Crippen LogP) is 5.18. The van der Waals surface area contributed by atoms with Crippen molar-refractivity contribution in [3.63, 3.8) is 0 Å². The van der Waals surface area contributed by atoms with Gasteiger partial charge in [0, 0.05) is 19.1 Å². The van der Waals surface area contributed by atoms with E-state index in [2.05, 4.69) is 16.0 Å². The number of benzene rings is 2. The number of nitrogens with zero attached hydrogens (tertiary/aromatic N) is 3. The highest BCUT2D eigenvalue weighted by atomic mass is 32.1. The number of anilines is 2. The summed E-state index contributed by atoms with van der Waals surface area (Å²) in [5.41, 5.74) is 3.23. The molecule has 0 saturated heterocycles. The number of hydrogen-bond acceptors (Lipinski definition) is 5. The summed E-state index contributed by atoms with van der Waals surface area (Å²) in [4.78, 5) is 22.9. The highest BCUT2D eigenvalue weighted by Gasteiger charge is 2.36. The lowest BCUT2D eigenvalue weighted by atomic mass is 10.1. The Hall–Kier alpha value is -2.86. The zero-order chi connectivity index (χ0) is 20.0. The van der Waals surface area contributed by atoms with Crippen molar-refractivity contribution in [3.8, 4) is 11.6 Å². The fourth-order valence-electron chi connectivity index (χ4n) is 3.89. The molecule has 0 spiro atoms. The van der Waals surface area contributed by atoms with E-state index in [1.54, 1.807) is 0 Å². The third-order valence-corrected chi connectivity index (χ3v) is 6.32. The zero-order valence-corrected chi connectivity index (χ0v) is 17.4. The molecule has 5 rings (SSSR count). The van der Waals surface area contributed by atoms with Gasteiger partial charge in [-0.2, -0.15) is 0 Å². The van der Waals surface area contributed by atoms with Gasteiger partial charge in [0.2, 0.25) is 5.88 Å². The molecule has 148 valence electrons. The molecule has 1 saturated carbocycles. The van der Waals surface area contributed by atoms with E-state index in [0.717, 1.165) is 28.5 Å². The second-order valence-corrected chi connectivity index (χ2v) is 8.86. The summed E-state index contributed by atoms with van der Waals surface area (Å²) < 4.78 is 6.02. The predicted molar refractivity (Wildman–Crippen MR) is 117 cm³/mol. The first-order chi connectivity index (χ1) is 14.1. The number of hydrogen-bond donors (Lipinski definition) is 0. The molecule has 2 heterocycles. The fraction of sp³-hybridized carbons (Fsp3) is 0.304. The largest absolute Gasteiger partial charge is 0.437 e. The minimum absolute atomic E-state index is 0.0406. The molecule has 0 unspecified atom stereocenters. The van der Waals surface area contributed by atoms with E-state index in [0.29, 0.717) is 29.1 Å². The van der Waals surface area contributed by atoms with Crippen molar-refractivity contribution in [2.75, 3.05) is 22.9 Å². The number of fused-ring (bicyclic) bond motifs is 1. The Morgan fingerprint density at radius 3 is 2.62 bits per heavy atom. The molecule has 0 bridgehead atoms. The van der Waals surface area contributed by atoms with Crippen LogP contribution in [0.25, 0.3) is 0 Å². The van der Waals surface area contributed by atoms with Gasteiger partial charge in [-0.15, -0.1) is 11.3 Å². The van der Waals surface area contributed by atoms with Crippen molar-refractivity contribution in [2.24, 2.45) is 0 Å². The number of rotatable bonds is 4. The maximum atomic E-state index is 13.5. The van der Waals surface area contributed by atoms with Gasteiger partial charge in [-0.25, -0.2) is 4.98 Å². The Bertz CT molecular complexity index is 1070. The van der Waals surface area contributed by atoms with E-state index < -0.39 is 0 Å². The molecule has 2 aliphatic rings. The third-order valence-electron chi connectivity index (χ3n) is 5.38. The van der Waals surface area contributed by atoms with Crippen molar-refractivity contribution in [2.45, 2.75) is 32.7 Å². The lowest BCUT2D eigenvalue weighted by Crippen LogP contribution is -2.44. The molecule has 0 N–H and O–H groups in total. The minimum atomic E-state index is -0.0406. The first-order valence-electron chi connectivity index (χ1n) is 9.99. The van der Waals surface area contributed by atoms with Crippen LogP contribution >= 0.6 is 11.3 Å². The molecule has 2 aromatic carbocycles. The maximum absolute atomic E-state index is 13.5. The van der Waals surface area contributed by atoms with Crippen LogP contribution in [0.5, 0.6) is 11.6 Å². The molecule has 0 atom stereocenters. The van der Waals surface area contributed by atoms with Crippen LogP contribution in [0.2, 0.25) is 0 Å². The second kappa shape index (κ2) is 7.19. The highest BCUT2D eigenvalue weighted by Crippen LogP contribution is 2.41. The zero-order valence-electron chi connectivity index (χ0n) is 16.6. The number of carbonyl (C=O) groups is 1. The van der Waals surface area contributed by atoms with E-state index in [-0.39, 0.29) is 5.91 Å². The smallest absolute Gasteiger partial charge is 0.274 e. The van der Waals surface area contributed by atoms with Gasteiger partial charge < -0.3 is 14.5 Å². The van der Waals surface area contributed by atoms with Gasteiger partial charge in [-0.3, -0.25) is 4.79 Å². The molecule has 6 heteroatoms. The van der Waals surface area contributed by atoms with Gasteiger partial charge in [0.25, 0.3) is 5.91 Å². The lowest BCUT2D eigenvalue weighted by molar-refractivity contribution is 0.0988. The van der Waals surface area contributed by atoms with Crippen LogP contribution in [0, 0.1) is 13.8 Å². The van der Waals surface area contributed by atoms with Crippen LogP contribution < -0.4 is 14.5 Å². The molecule has 1 aromatic heterocycles. The Kier molecular flexibility index (Phi) is 4.51. The SMILES string of the molecule is Cc1cccc(Oc2nc(C)sc2C(=O)N2CCN(C3CC3)c3ccccc32)c1. The van der Waals surface area contributed by atoms with Crippen LogP contribution in [0.3, 0.4) is 0 Å². The summed E-state index contributed by atoms with van der Waals surface area (Å²) in [7, 11) is 0. The van der Waals surface area contributed by atoms with Gasteiger partial charge in [0.05, 0.1) is 16.4 Å². The standard InChI is InChI=1S/C23H23N3O2S/c1-15-6-5-7-18(14-15)28-22-21(29-16(2)24-22)23(27)26-13-12-25(17-10-11-17)19-8-3-4-9-20(19)26/h3-9,14,17H,10-13H2,1-2H3. The summed E-state index contributed by atoms with van der Waals surface area (Å²) in [6.45, 7) is 5.46. The number of carbonyl (C=O) groups excluding carboxylic acids is 1. The number of aryl methyl sites for hydroxylation is 2. The van der Waals surface area contributed by atoms with Crippen LogP contribution in [0.15, 0.2) is 48.5 Å². The van der Waals surface area contributed by atoms with E-state index in [9.17, 15) is 4.79 Å². The summed E-state index contributed by atoms with van der Waals surface area (Å²) in [6.07, 6.45) is 2.48. The highest BCUT2D eigenvalue weighted by molar-refractivity contribution is 7.14. The van der Waals surface area contributed by atoms with Gasteiger partial charge in [-0.1, -0.05) is 24.3 Å². The first-order valence-corrected chi connectivity index (χ1v) is 10.8. The topological polar surface area (TPSA) is 45.7 Å². The molecular weight excluding hydrogens is 382 g/mol. The average molecular weight is 406 g/mol. The quantitative estimate of drug-likeness (QED) is 0.600. The number of thiazole rings is 1. The van der Waals surface area contributed by atoms with Crippen LogP contribution in [0.1, 0.15) is 33.1 Å². The molecular formula is C23H23N3O2S. The third kappa shape index (κ3) is 3.49. The fourth-order valence-corrected chi connectivity index (χ4v) is 4.68. The average Bonchev–Trinajstić information content (AvgIpc) is 3.49. The van der Waals surface area contributed by atoms with Crippen molar-refractivity contribution in [3.05, 3.63) is 64.0 Å². The molecule has 1 aliphatic carbocycles. The molecule has 0 radical (unpaired) electrons. The maximum Gasteiger partial charge on any atom is 0.274 e. The normalized spacial score (nSPS) is 15.9. The van der Waals surface area contributed by atoms with E-state index in [4.69, 9.17) is 4.74 Å². The Morgan fingerprint density at radius 1 is 1.07 bits per heavy atom. The second-order valence-electron chi connectivity index (χ2n) is 7.66. The van der Waals surface area contributed by atoms with Crippen molar-refractivity contribution < 1.29 is 9.53 Å². The number of para-hydroxylation sites is 2. The van der Waals surface area contributed by atoms with Crippen molar-refractivity contribution >= 4 is 28.6 Å². The first kappa shape index (κ1) is 18.2. The Morgan fingerprint density at radius 2 is 1.86 bits per heavy atom. The Balaban J connectivity index is 1.47. The molecule has 1 aliphatic heterocycles. The molecule has 3 aromatic rings. The van der Waals surface area contributed by atoms with Gasteiger partial charge in [0.1, 0.15) is 5.75 Å². The molecule has 29 heavy (non-hydrogen) atoms. The van der Waals surface area contributed by atoms with Crippen molar-refractivity contribution in [1.82, 2.24) is 4.98 Å². The van der Waals surface area contributed by atoms with E-state index in [1.807, 2.05) is 61.2 Å². The minimum Gasteiger partial charge on any atom is -0.437 e. The monoisotopic (exact) mass is 405 g/mol. The molecule has 1 amide bonds. The summed E-state index contributed by atoms with van der Waals surface area (Å²) in [6, 6.07) is 16.6. The summed E-state index contributed by atoms with van der Waals surface area (Å²) in [5, 5.41) is 0.820. The Labute approximate surface area is 174 Å². The van der Waals surface area contributed by atoms with E-state index >= 15 is 0 Å². The van der Waals surface area contributed by atoms with Crippen LogP contribution in [-0.2, 0) is 0 Å². The van der Waals surface area contributed by atoms with E-state index in [1.165, 1.54) is 24.2 Å². The number of aromatic nitrogens is 1. The summed E-state index contributed by atoms with van der Waals surface area (Å²) in [5.74, 6) is 1.05. The molecule has 5 nitrogen and oxygen atoms in total. The lowest BCUT2D eigenvalue weighted by Gasteiger charge is -2.37. The van der Waals surface area contributed by atoms with Gasteiger partial charge in [0.15, 0.2) is 4.88 Å². The van der Waals surface area contributed by atoms with Gasteiger partial charge >= 0.3 is 0 Å². The summed E-state index contributed by atoms with van der Waals surface area (Å²) >= 11 is 1.39. The van der Waals surface area contributed by atoms with Crippen molar-refractivity contribution in [1.29, 1.82) is 0 Å². The molecule has 1 fully saturated rings. The number of amides is 1. The van der Waals surface area contributed by atoms with Gasteiger partial charge in [-0.05, 0) is 56.5 Å².